The molecule has 0 aliphatic carbocycles. The number of hydrogen-bond donors (Lipinski definition) is 1. The molecule has 0 fully saturated rings. The van der Waals surface area contributed by atoms with Gasteiger partial charge in [-0.1, -0.05) is 64.5 Å². The Kier molecular flexibility index (Phi) is 7.34. The molecule has 0 saturated carbocycles. The minimum atomic E-state index is -0.767. The van der Waals surface area contributed by atoms with Gasteiger partial charge in [0, 0.05) is 10.0 Å². The fourth-order valence-corrected chi connectivity index (χ4v) is 3.58. The van der Waals surface area contributed by atoms with E-state index in [4.69, 9.17) is 9.47 Å². The fourth-order valence-electron chi connectivity index (χ4n) is 3.20. The Morgan fingerprint density at radius 3 is 2.44 bits per heavy atom. The first-order valence-corrected chi connectivity index (χ1v) is 11.3. The number of hydrazone groups is 1. The van der Waals surface area contributed by atoms with Crippen molar-refractivity contribution in [1.82, 2.24) is 5.43 Å². The molecule has 34 heavy (non-hydrogen) atoms. The third-order valence-electron chi connectivity index (χ3n) is 4.97. The van der Waals surface area contributed by atoms with Gasteiger partial charge in [0.15, 0.2) is 6.10 Å². The topological polar surface area (TPSA) is 77.0 Å². The zero-order valence-electron chi connectivity index (χ0n) is 18.3. The van der Waals surface area contributed by atoms with E-state index in [1.54, 1.807) is 49.4 Å². The van der Waals surface area contributed by atoms with Crippen LogP contribution in [0, 0.1) is 0 Å². The van der Waals surface area contributed by atoms with Crippen molar-refractivity contribution >= 4 is 44.8 Å². The van der Waals surface area contributed by atoms with Crippen LogP contribution in [-0.4, -0.2) is 24.2 Å². The Labute approximate surface area is 205 Å². The molecule has 170 valence electrons. The number of hydrogen-bond acceptors (Lipinski definition) is 5. The zero-order valence-corrected chi connectivity index (χ0v) is 19.9. The predicted molar refractivity (Wildman–Crippen MR) is 135 cm³/mol. The molecule has 0 heterocycles. The van der Waals surface area contributed by atoms with Gasteiger partial charge in [-0.05, 0) is 60.2 Å². The summed E-state index contributed by atoms with van der Waals surface area (Å²) in [5, 5.41) is 6.14. The SMILES string of the molecule is CC(Oc1ccc2ccccc2c1)C(=O)N/N=C/c1cc(Br)ccc1OC(=O)c1ccccc1. The Bertz CT molecular complexity index is 1360. The van der Waals surface area contributed by atoms with E-state index < -0.39 is 18.0 Å². The van der Waals surface area contributed by atoms with Gasteiger partial charge in [-0.15, -0.1) is 0 Å². The maximum absolute atomic E-state index is 12.5. The van der Waals surface area contributed by atoms with Crippen molar-refractivity contribution in [3.63, 3.8) is 0 Å². The average Bonchev–Trinajstić information content (AvgIpc) is 2.86. The second-order valence-electron chi connectivity index (χ2n) is 7.44. The Morgan fingerprint density at radius 1 is 0.912 bits per heavy atom. The van der Waals surface area contributed by atoms with Crippen molar-refractivity contribution in [3.05, 3.63) is 107 Å². The lowest BCUT2D eigenvalue weighted by atomic mass is 10.1. The van der Waals surface area contributed by atoms with E-state index in [-0.39, 0.29) is 0 Å². The van der Waals surface area contributed by atoms with Gasteiger partial charge < -0.3 is 9.47 Å². The molecule has 6 nitrogen and oxygen atoms in total. The van der Waals surface area contributed by atoms with Crippen molar-refractivity contribution in [1.29, 1.82) is 0 Å². The van der Waals surface area contributed by atoms with Gasteiger partial charge in [-0.2, -0.15) is 5.10 Å². The summed E-state index contributed by atoms with van der Waals surface area (Å²) < 4.78 is 12.1. The van der Waals surface area contributed by atoms with Crippen molar-refractivity contribution in [2.45, 2.75) is 13.0 Å². The normalized spacial score (nSPS) is 11.8. The third kappa shape index (κ3) is 5.88. The fraction of sp³-hybridized carbons (Fsp3) is 0.0741. The highest BCUT2D eigenvalue weighted by atomic mass is 79.9. The number of nitrogens with one attached hydrogen (secondary N) is 1. The lowest BCUT2D eigenvalue weighted by Crippen LogP contribution is -2.33. The first kappa shape index (κ1) is 23.2. The van der Waals surface area contributed by atoms with Gasteiger partial charge in [0.2, 0.25) is 0 Å². The maximum Gasteiger partial charge on any atom is 0.343 e. The number of carbonyl (C=O) groups is 2. The number of benzene rings is 4. The van der Waals surface area contributed by atoms with Gasteiger partial charge in [-0.3, -0.25) is 4.79 Å². The largest absolute Gasteiger partial charge is 0.481 e. The molecule has 4 aromatic carbocycles. The van der Waals surface area contributed by atoms with E-state index >= 15 is 0 Å². The highest BCUT2D eigenvalue weighted by Crippen LogP contribution is 2.23. The molecule has 0 aromatic heterocycles. The first-order chi connectivity index (χ1) is 16.5. The van der Waals surface area contributed by atoms with Crippen molar-refractivity contribution in [2.75, 3.05) is 0 Å². The first-order valence-electron chi connectivity index (χ1n) is 10.5. The van der Waals surface area contributed by atoms with E-state index in [9.17, 15) is 9.59 Å². The minimum Gasteiger partial charge on any atom is -0.481 e. The van der Waals surface area contributed by atoms with E-state index in [1.165, 1.54) is 6.21 Å². The van der Waals surface area contributed by atoms with Crippen LogP contribution in [-0.2, 0) is 4.79 Å². The standard InChI is InChI=1S/C27H21BrN2O4/c1-18(33-24-13-11-19-7-5-6-10-21(19)16-24)26(31)30-29-17-22-15-23(28)12-14-25(22)34-27(32)20-8-3-2-4-9-20/h2-18H,1H3,(H,30,31)/b29-17+. The number of amides is 1. The Balaban J connectivity index is 1.40. The van der Waals surface area contributed by atoms with Gasteiger partial charge in [-0.25, -0.2) is 10.2 Å². The second-order valence-corrected chi connectivity index (χ2v) is 8.36. The summed E-state index contributed by atoms with van der Waals surface area (Å²) >= 11 is 3.40. The van der Waals surface area contributed by atoms with Crippen LogP contribution in [0.4, 0.5) is 0 Å². The molecule has 0 aliphatic rings. The molecule has 0 aliphatic heterocycles. The molecule has 0 bridgehead atoms. The number of rotatable bonds is 7. The highest BCUT2D eigenvalue weighted by molar-refractivity contribution is 9.10. The maximum atomic E-state index is 12.5. The molecular weight excluding hydrogens is 496 g/mol. The third-order valence-corrected chi connectivity index (χ3v) is 5.46. The lowest BCUT2D eigenvalue weighted by molar-refractivity contribution is -0.127. The minimum absolute atomic E-state index is 0.315. The molecule has 0 radical (unpaired) electrons. The second kappa shape index (κ2) is 10.8. The van der Waals surface area contributed by atoms with Crippen LogP contribution in [0.2, 0.25) is 0 Å². The molecule has 1 unspecified atom stereocenters. The van der Waals surface area contributed by atoms with Gasteiger partial charge in [0.05, 0.1) is 11.8 Å². The van der Waals surface area contributed by atoms with E-state index in [2.05, 4.69) is 26.5 Å². The summed E-state index contributed by atoms with van der Waals surface area (Å²) in [5.41, 5.74) is 3.42. The summed E-state index contributed by atoms with van der Waals surface area (Å²) in [7, 11) is 0. The van der Waals surface area contributed by atoms with E-state index in [0.29, 0.717) is 22.6 Å². The average molecular weight is 517 g/mol. The van der Waals surface area contributed by atoms with Gasteiger partial charge in [0.25, 0.3) is 5.91 Å². The van der Waals surface area contributed by atoms with Crippen molar-refractivity contribution < 1.29 is 19.1 Å². The van der Waals surface area contributed by atoms with E-state index in [0.717, 1.165) is 15.2 Å². The van der Waals surface area contributed by atoms with Crippen LogP contribution >= 0.6 is 15.9 Å². The number of halogens is 1. The van der Waals surface area contributed by atoms with Gasteiger partial charge in [0.1, 0.15) is 11.5 Å². The molecule has 4 aromatic rings. The summed E-state index contributed by atoms with van der Waals surface area (Å²) in [6.45, 7) is 1.65. The van der Waals surface area contributed by atoms with Crippen LogP contribution < -0.4 is 14.9 Å². The summed E-state index contributed by atoms with van der Waals surface area (Å²) in [6.07, 6.45) is 0.648. The Hall–Kier alpha value is -3.97. The van der Waals surface area contributed by atoms with Gasteiger partial charge >= 0.3 is 5.97 Å². The van der Waals surface area contributed by atoms with Crippen molar-refractivity contribution in [3.8, 4) is 11.5 Å². The molecule has 1 atom stereocenters. The lowest BCUT2D eigenvalue weighted by Gasteiger charge is -2.13. The molecular formula is C27H21BrN2O4. The molecule has 0 saturated heterocycles. The monoisotopic (exact) mass is 516 g/mol. The van der Waals surface area contributed by atoms with Crippen LogP contribution in [0.1, 0.15) is 22.8 Å². The summed E-state index contributed by atoms with van der Waals surface area (Å²) in [6, 6.07) is 27.4. The van der Waals surface area contributed by atoms with Crippen LogP contribution in [0.5, 0.6) is 11.5 Å². The van der Waals surface area contributed by atoms with E-state index in [1.807, 2.05) is 48.5 Å². The number of carbonyl (C=O) groups excluding carboxylic acids is 2. The van der Waals surface area contributed by atoms with Crippen molar-refractivity contribution in [2.24, 2.45) is 5.10 Å². The highest BCUT2D eigenvalue weighted by Gasteiger charge is 2.15. The number of fused-ring (bicyclic) bond motifs is 1. The van der Waals surface area contributed by atoms with Crippen LogP contribution in [0.15, 0.2) is 101 Å². The number of esters is 1. The Morgan fingerprint density at radius 2 is 1.65 bits per heavy atom. The smallest absolute Gasteiger partial charge is 0.343 e. The molecule has 0 spiro atoms. The zero-order chi connectivity index (χ0) is 23.9. The molecule has 1 amide bonds. The molecule has 7 heteroatoms. The summed E-state index contributed by atoms with van der Waals surface area (Å²) in [4.78, 5) is 24.9. The molecule has 4 rings (SSSR count). The quantitative estimate of drug-likeness (QED) is 0.147. The molecule has 1 N–H and O–H groups in total. The van der Waals surface area contributed by atoms with Crippen LogP contribution in [0.3, 0.4) is 0 Å². The van der Waals surface area contributed by atoms with Crippen LogP contribution in [0.25, 0.3) is 10.8 Å². The predicted octanol–water partition coefficient (Wildman–Crippen LogP) is 5.74. The number of ether oxygens (including phenoxy) is 2. The number of nitrogens with zero attached hydrogens (tertiary/aromatic N) is 1. The summed E-state index contributed by atoms with van der Waals surface area (Å²) in [5.74, 6) is 0.00388.